The molecule has 2 aromatic rings. The Morgan fingerprint density at radius 3 is 2.55 bits per heavy atom. The fraction of sp³-hybridized carbons (Fsp3) is 0.235. The molecule has 102 valence electrons. The number of fused-ring (bicyclic) bond motifs is 1. The molecule has 1 heterocycles. The standard InChI is InChI=1S/C17H18N2O/c1-12(13-5-3-2-4-6-13)17(20)19-10-14-7-8-16(18)9-15(14)11-19/h2-9,12H,10-11,18H2,1H3. The van der Waals surface area contributed by atoms with Crippen LogP contribution in [-0.4, -0.2) is 10.8 Å². The summed E-state index contributed by atoms with van der Waals surface area (Å²) in [6.07, 6.45) is 0. The van der Waals surface area contributed by atoms with Gasteiger partial charge in [-0.3, -0.25) is 4.79 Å². The highest BCUT2D eigenvalue weighted by molar-refractivity contribution is 5.84. The van der Waals surface area contributed by atoms with Gasteiger partial charge in [0.2, 0.25) is 5.91 Å². The maximum Gasteiger partial charge on any atom is 0.230 e. The zero-order chi connectivity index (χ0) is 14.1. The van der Waals surface area contributed by atoms with Crippen LogP contribution in [0.2, 0.25) is 0 Å². The van der Waals surface area contributed by atoms with Gasteiger partial charge < -0.3 is 10.6 Å². The summed E-state index contributed by atoms with van der Waals surface area (Å²) < 4.78 is 0. The SMILES string of the molecule is CC(C(=O)N1Cc2ccc(N)cc2C1)c1ccccc1. The van der Waals surface area contributed by atoms with Crippen molar-refractivity contribution in [3.8, 4) is 0 Å². The van der Waals surface area contributed by atoms with E-state index in [9.17, 15) is 4.79 Å². The van der Waals surface area contributed by atoms with Crippen LogP contribution in [0.1, 0.15) is 29.5 Å². The van der Waals surface area contributed by atoms with Crippen LogP contribution >= 0.6 is 0 Å². The molecule has 0 fully saturated rings. The first kappa shape index (κ1) is 12.7. The molecular formula is C17H18N2O. The van der Waals surface area contributed by atoms with E-state index in [1.165, 1.54) is 11.1 Å². The van der Waals surface area contributed by atoms with Gasteiger partial charge >= 0.3 is 0 Å². The Balaban J connectivity index is 1.77. The zero-order valence-corrected chi connectivity index (χ0v) is 11.5. The van der Waals surface area contributed by atoms with Gasteiger partial charge in [-0.15, -0.1) is 0 Å². The van der Waals surface area contributed by atoms with Crippen LogP contribution in [0.4, 0.5) is 5.69 Å². The van der Waals surface area contributed by atoms with Crippen LogP contribution < -0.4 is 5.73 Å². The van der Waals surface area contributed by atoms with Crippen molar-refractivity contribution in [2.75, 3.05) is 5.73 Å². The number of amides is 1. The lowest BCUT2D eigenvalue weighted by Crippen LogP contribution is -2.29. The molecule has 1 aliphatic rings. The Kier molecular flexibility index (Phi) is 3.18. The van der Waals surface area contributed by atoms with Crippen molar-refractivity contribution >= 4 is 11.6 Å². The van der Waals surface area contributed by atoms with Gasteiger partial charge in [0, 0.05) is 18.8 Å². The van der Waals surface area contributed by atoms with E-state index < -0.39 is 0 Å². The molecule has 20 heavy (non-hydrogen) atoms. The molecule has 2 aromatic carbocycles. The summed E-state index contributed by atoms with van der Waals surface area (Å²) in [7, 11) is 0. The Bertz CT molecular complexity index is 637. The second kappa shape index (κ2) is 5.00. The lowest BCUT2D eigenvalue weighted by molar-refractivity contribution is -0.133. The Hall–Kier alpha value is -2.29. The summed E-state index contributed by atoms with van der Waals surface area (Å²) in [5.41, 5.74) is 9.99. The number of anilines is 1. The average molecular weight is 266 g/mol. The van der Waals surface area contributed by atoms with E-state index in [1.54, 1.807) is 0 Å². The van der Waals surface area contributed by atoms with Crippen molar-refractivity contribution in [2.24, 2.45) is 0 Å². The number of hydrogen-bond acceptors (Lipinski definition) is 2. The van der Waals surface area contributed by atoms with Crippen molar-refractivity contribution in [1.29, 1.82) is 0 Å². The van der Waals surface area contributed by atoms with Crippen LogP contribution in [-0.2, 0) is 17.9 Å². The van der Waals surface area contributed by atoms with E-state index >= 15 is 0 Å². The van der Waals surface area contributed by atoms with Crippen LogP contribution in [0, 0.1) is 0 Å². The van der Waals surface area contributed by atoms with Gasteiger partial charge in [-0.1, -0.05) is 36.4 Å². The van der Waals surface area contributed by atoms with Gasteiger partial charge in [0.05, 0.1) is 5.92 Å². The topological polar surface area (TPSA) is 46.3 Å². The maximum atomic E-state index is 12.6. The average Bonchev–Trinajstić information content (AvgIpc) is 2.89. The molecule has 0 spiro atoms. The lowest BCUT2D eigenvalue weighted by atomic mass is 10.00. The highest BCUT2D eigenvalue weighted by Gasteiger charge is 2.27. The van der Waals surface area contributed by atoms with Gasteiger partial charge in [-0.25, -0.2) is 0 Å². The second-order valence-electron chi connectivity index (χ2n) is 5.35. The summed E-state index contributed by atoms with van der Waals surface area (Å²) in [4.78, 5) is 14.5. The number of nitrogens with two attached hydrogens (primary N) is 1. The molecule has 1 amide bonds. The summed E-state index contributed by atoms with van der Waals surface area (Å²) in [5.74, 6) is 0.0637. The highest BCUT2D eigenvalue weighted by atomic mass is 16.2. The molecule has 0 aliphatic carbocycles. The van der Waals surface area contributed by atoms with Crippen molar-refractivity contribution in [3.63, 3.8) is 0 Å². The third-order valence-corrected chi connectivity index (χ3v) is 3.93. The fourth-order valence-electron chi connectivity index (χ4n) is 2.73. The molecule has 0 aromatic heterocycles. The van der Waals surface area contributed by atoms with E-state index in [1.807, 2.05) is 60.4 Å². The monoisotopic (exact) mass is 266 g/mol. The third-order valence-electron chi connectivity index (χ3n) is 3.93. The van der Waals surface area contributed by atoms with E-state index in [0.29, 0.717) is 13.1 Å². The minimum Gasteiger partial charge on any atom is -0.399 e. The van der Waals surface area contributed by atoms with Crippen molar-refractivity contribution < 1.29 is 4.79 Å². The molecule has 3 heteroatoms. The number of benzene rings is 2. The smallest absolute Gasteiger partial charge is 0.230 e. The van der Waals surface area contributed by atoms with Gasteiger partial charge in [-0.2, -0.15) is 0 Å². The van der Waals surface area contributed by atoms with E-state index in [4.69, 9.17) is 5.73 Å². The van der Waals surface area contributed by atoms with Crippen LogP contribution in [0.15, 0.2) is 48.5 Å². The second-order valence-corrected chi connectivity index (χ2v) is 5.35. The predicted molar refractivity (Wildman–Crippen MR) is 80.0 cm³/mol. The Morgan fingerprint density at radius 1 is 1.10 bits per heavy atom. The summed E-state index contributed by atoms with van der Waals surface area (Å²) >= 11 is 0. The highest BCUT2D eigenvalue weighted by Crippen LogP contribution is 2.28. The molecule has 0 bridgehead atoms. The van der Waals surface area contributed by atoms with E-state index in [-0.39, 0.29) is 11.8 Å². The molecule has 1 aliphatic heterocycles. The Labute approximate surface area is 119 Å². The minimum atomic E-state index is -0.108. The van der Waals surface area contributed by atoms with E-state index in [0.717, 1.165) is 11.3 Å². The first-order valence-corrected chi connectivity index (χ1v) is 6.86. The molecule has 0 radical (unpaired) electrons. The minimum absolute atomic E-state index is 0.108. The summed E-state index contributed by atoms with van der Waals surface area (Å²) in [6.45, 7) is 3.32. The normalized spacial score (nSPS) is 14.9. The molecule has 3 nitrogen and oxygen atoms in total. The number of rotatable bonds is 2. The Morgan fingerprint density at radius 2 is 1.80 bits per heavy atom. The van der Waals surface area contributed by atoms with E-state index in [2.05, 4.69) is 0 Å². The first-order valence-electron chi connectivity index (χ1n) is 6.86. The quantitative estimate of drug-likeness (QED) is 0.849. The maximum absolute atomic E-state index is 12.6. The predicted octanol–water partition coefficient (Wildman–Crippen LogP) is 2.91. The van der Waals surface area contributed by atoms with Crippen molar-refractivity contribution in [1.82, 2.24) is 4.90 Å². The van der Waals surface area contributed by atoms with Crippen LogP contribution in [0.25, 0.3) is 0 Å². The van der Waals surface area contributed by atoms with Crippen molar-refractivity contribution in [2.45, 2.75) is 25.9 Å². The molecule has 2 N–H and O–H groups in total. The molecule has 0 saturated carbocycles. The van der Waals surface area contributed by atoms with Crippen molar-refractivity contribution in [3.05, 3.63) is 65.2 Å². The lowest BCUT2D eigenvalue weighted by Gasteiger charge is -2.20. The van der Waals surface area contributed by atoms with Gasteiger partial charge in [0.1, 0.15) is 0 Å². The summed E-state index contributed by atoms with van der Waals surface area (Å²) in [5, 5.41) is 0. The molecule has 0 saturated heterocycles. The van der Waals surface area contributed by atoms with Crippen LogP contribution in [0.5, 0.6) is 0 Å². The number of carbonyl (C=O) groups is 1. The number of nitrogen functional groups attached to an aromatic ring is 1. The number of carbonyl (C=O) groups excluding carboxylic acids is 1. The van der Waals surface area contributed by atoms with Gasteiger partial charge in [0.15, 0.2) is 0 Å². The van der Waals surface area contributed by atoms with Gasteiger partial charge in [0.25, 0.3) is 0 Å². The number of nitrogens with zero attached hydrogens (tertiary/aromatic N) is 1. The fourth-order valence-corrected chi connectivity index (χ4v) is 2.73. The summed E-state index contributed by atoms with van der Waals surface area (Å²) in [6, 6.07) is 15.8. The third kappa shape index (κ3) is 2.27. The molecule has 3 rings (SSSR count). The first-order chi connectivity index (χ1) is 9.65. The largest absolute Gasteiger partial charge is 0.399 e. The molecule has 1 atom stereocenters. The van der Waals surface area contributed by atoms with Crippen LogP contribution in [0.3, 0.4) is 0 Å². The molecule has 1 unspecified atom stereocenters. The zero-order valence-electron chi connectivity index (χ0n) is 11.5. The van der Waals surface area contributed by atoms with Gasteiger partial charge in [-0.05, 0) is 35.7 Å². The number of hydrogen-bond donors (Lipinski definition) is 1. The molecular weight excluding hydrogens is 248 g/mol.